The van der Waals surface area contributed by atoms with E-state index in [0.29, 0.717) is 12.1 Å². The molecule has 102 valence electrons. The molecule has 0 bridgehead atoms. The number of rotatable bonds is 7. The van der Waals surface area contributed by atoms with Gasteiger partial charge in [0.1, 0.15) is 0 Å². The first-order valence-electron chi connectivity index (χ1n) is 5.54. The van der Waals surface area contributed by atoms with Crippen LogP contribution in [0.25, 0.3) is 0 Å². The van der Waals surface area contributed by atoms with Gasteiger partial charge in [-0.25, -0.2) is 18.1 Å². The van der Waals surface area contributed by atoms with Crippen LogP contribution in [0.1, 0.15) is 12.5 Å². The van der Waals surface area contributed by atoms with Gasteiger partial charge in [0.25, 0.3) is 10.0 Å². The Balaban J connectivity index is 2.67. The highest BCUT2D eigenvalue weighted by Crippen LogP contribution is 2.08. The maximum Gasteiger partial charge on any atom is 0.258 e. The molecule has 18 heavy (non-hydrogen) atoms. The third kappa shape index (κ3) is 4.56. The van der Waals surface area contributed by atoms with E-state index in [1.165, 1.54) is 12.3 Å². The van der Waals surface area contributed by atoms with Crippen molar-refractivity contribution < 1.29 is 13.5 Å². The summed E-state index contributed by atoms with van der Waals surface area (Å²) in [6, 6.07) is 2.94. The van der Waals surface area contributed by atoms with E-state index in [-0.39, 0.29) is 17.6 Å². The smallest absolute Gasteiger partial charge is 0.258 e. The summed E-state index contributed by atoms with van der Waals surface area (Å²) in [5, 5.41) is 8.84. The lowest BCUT2D eigenvalue weighted by Crippen LogP contribution is -2.29. The van der Waals surface area contributed by atoms with Crippen molar-refractivity contribution in [2.75, 3.05) is 18.6 Å². The second kappa shape index (κ2) is 7.08. The number of thioether (sulfide) groups is 1. The van der Waals surface area contributed by atoms with Gasteiger partial charge in [-0.2, -0.15) is 11.8 Å². The van der Waals surface area contributed by atoms with E-state index >= 15 is 0 Å². The van der Waals surface area contributed by atoms with Crippen molar-refractivity contribution in [2.45, 2.75) is 18.6 Å². The van der Waals surface area contributed by atoms with Crippen LogP contribution in [0.3, 0.4) is 0 Å². The molecule has 1 aromatic heterocycles. The first-order valence-corrected chi connectivity index (χ1v) is 8.41. The van der Waals surface area contributed by atoms with Crippen LogP contribution in [-0.2, 0) is 16.6 Å². The van der Waals surface area contributed by atoms with Gasteiger partial charge in [0, 0.05) is 12.7 Å². The van der Waals surface area contributed by atoms with Gasteiger partial charge in [0.15, 0.2) is 5.03 Å². The molecule has 0 aliphatic carbocycles. The number of hydrogen-bond donors (Lipinski definition) is 2. The number of sulfonamides is 1. The largest absolute Gasteiger partial charge is 0.392 e. The molecule has 0 amide bonds. The minimum atomic E-state index is -3.55. The van der Waals surface area contributed by atoms with E-state index in [0.717, 1.165) is 5.75 Å². The monoisotopic (exact) mass is 290 g/mol. The van der Waals surface area contributed by atoms with Crippen molar-refractivity contribution in [3.63, 3.8) is 0 Å². The minimum Gasteiger partial charge on any atom is -0.392 e. The molecule has 1 aromatic rings. The summed E-state index contributed by atoms with van der Waals surface area (Å²) in [5.41, 5.74) is 0.588. The van der Waals surface area contributed by atoms with Gasteiger partial charge >= 0.3 is 0 Å². The highest BCUT2D eigenvalue weighted by atomic mass is 32.2. The molecule has 0 aliphatic heterocycles. The number of nitrogens with zero attached hydrogens (tertiary/aromatic N) is 1. The summed E-state index contributed by atoms with van der Waals surface area (Å²) < 4.78 is 26.3. The summed E-state index contributed by atoms with van der Waals surface area (Å²) in [4.78, 5) is 3.83. The topological polar surface area (TPSA) is 79.3 Å². The quantitative estimate of drug-likeness (QED) is 0.778. The third-order valence-electron chi connectivity index (χ3n) is 2.33. The summed E-state index contributed by atoms with van der Waals surface area (Å²) in [5.74, 6) is 1.17. The Morgan fingerprint density at radius 3 is 2.72 bits per heavy atom. The van der Waals surface area contributed by atoms with Crippen LogP contribution in [0.4, 0.5) is 0 Å². The van der Waals surface area contributed by atoms with Crippen LogP contribution in [0.15, 0.2) is 23.4 Å². The maximum atomic E-state index is 11.9. The van der Waals surface area contributed by atoms with E-state index in [2.05, 4.69) is 9.71 Å². The Morgan fingerprint density at radius 1 is 1.50 bits per heavy atom. The predicted octanol–water partition coefficient (Wildman–Crippen LogP) is 0.851. The Bertz CT molecular complexity index is 460. The van der Waals surface area contributed by atoms with Crippen molar-refractivity contribution >= 4 is 21.8 Å². The molecule has 1 unspecified atom stereocenters. The first kappa shape index (κ1) is 15.4. The number of hydrogen-bond acceptors (Lipinski definition) is 5. The SMILES string of the molecule is CSCC(C)CNS(=O)(=O)c1ccc(CO)cn1. The van der Waals surface area contributed by atoms with Gasteiger partial charge < -0.3 is 5.11 Å². The van der Waals surface area contributed by atoms with Crippen molar-refractivity contribution in [3.8, 4) is 0 Å². The second-order valence-corrected chi connectivity index (χ2v) is 6.70. The molecule has 5 nitrogen and oxygen atoms in total. The lowest BCUT2D eigenvalue weighted by molar-refractivity contribution is 0.281. The number of pyridine rings is 1. The summed E-state index contributed by atoms with van der Waals surface area (Å²) in [6.45, 7) is 2.24. The van der Waals surface area contributed by atoms with Gasteiger partial charge in [0.2, 0.25) is 0 Å². The fourth-order valence-electron chi connectivity index (χ4n) is 1.33. The molecule has 1 rings (SSSR count). The molecule has 1 heterocycles. The average Bonchev–Trinajstić information content (AvgIpc) is 2.37. The van der Waals surface area contributed by atoms with Crippen LogP contribution < -0.4 is 4.72 Å². The molecule has 1 atom stereocenters. The molecule has 0 fully saturated rings. The van der Waals surface area contributed by atoms with Crippen LogP contribution in [-0.4, -0.2) is 37.1 Å². The van der Waals surface area contributed by atoms with E-state index in [1.54, 1.807) is 17.8 Å². The fourth-order valence-corrected chi connectivity index (χ4v) is 3.11. The minimum absolute atomic E-state index is 0.0175. The first-order chi connectivity index (χ1) is 8.49. The van der Waals surface area contributed by atoms with Crippen molar-refractivity contribution in [2.24, 2.45) is 5.92 Å². The van der Waals surface area contributed by atoms with E-state index < -0.39 is 10.0 Å². The van der Waals surface area contributed by atoms with Crippen molar-refractivity contribution in [3.05, 3.63) is 23.9 Å². The third-order valence-corrected chi connectivity index (χ3v) is 4.57. The molecule has 7 heteroatoms. The van der Waals surface area contributed by atoms with Gasteiger partial charge in [-0.3, -0.25) is 0 Å². The number of aliphatic hydroxyl groups is 1. The van der Waals surface area contributed by atoms with Crippen LogP contribution >= 0.6 is 11.8 Å². The number of nitrogens with one attached hydrogen (secondary N) is 1. The van der Waals surface area contributed by atoms with Crippen molar-refractivity contribution in [1.82, 2.24) is 9.71 Å². The summed E-state index contributed by atoms with van der Waals surface area (Å²) in [7, 11) is -3.55. The van der Waals surface area contributed by atoms with E-state index in [1.807, 2.05) is 13.2 Å². The zero-order valence-corrected chi connectivity index (χ0v) is 12.1. The van der Waals surface area contributed by atoms with Gasteiger partial charge in [-0.1, -0.05) is 13.0 Å². The Morgan fingerprint density at radius 2 is 2.22 bits per heavy atom. The number of aromatic nitrogens is 1. The van der Waals surface area contributed by atoms with Gasteiger partial charge in [-0.05, 0) is 29.6 Å². The molecule has 0 radical (unpaired) electrons. The van der Waals surface area contributed by atoms with Crippen LogP contribution in [0.2, 0.25) is 0 Å². The van der Waals surface area contributed by atoms with E-state index in [4.69, 9.17) is 5.11 Å². The summed E-state index contributed by atoms with van der Waals surface area (Å²) in [6.07, 6.45) is 3.35. The molecule has 2 N–H and O–H groups in total. The standard InChI is InChI=1S/C11H18N2O3S2/c1-9(8-17-2)5-13-18(15,16)11-4-3-10(7-14)6-12-11/h3-4,6,9,13-14H,5,7-8H2,1-2H3. The highest BCUT2D eigenvalue weighted by Gasteiger charge is 2.16. The van der Waals surface area contributed by atoms with Gasteiger partial charge in [-0.15, -0.1) is 0 Å². The Labute approximate surface area is 112 Å². The zero-order chi connectivity index (χ0) is 13.6. The molecule has 0 aliphatic rings. The lowest BCUT2D eigenvalue weighted by atomic mass is 10.2. The number of aliphatic hydroxyl groups excluding tert-OH is 1. The molecule has 0 saturated carbocycles. The second-order valence-electron chi connectivity index (χ2n) is 4.08. The maximum absolute atomic E-state index is 11.9. The highest BCUT2D eigenvalue weighted by molar-refractivity contribution is 7.98. The predicted molar refractivity (Wildman–Crippen MR) is 72.9 cm³/mol. The molecule has 0 saturated heterocycles. The van der Waals surface area contributed by atoms with Gasteiger partial charge in [0.05, 0.1) is 6.61 Å². The lowest BCUT2D eigenvalue weighted by Gasteiger charge is -2.11. The van der Waals surface area contributed by atoms with Crippen molar-refractivity contribution in [1.29, 1.82) is 0 Å². The fraction of sp³-hybridized carbons (Fsp3) is 0.545. The zero-order valence-electron chi connectivity index (χ0n) is 10.5. The van der Waals surface area contributed by atoms with Crippen LogP contribution in [0, 0.1) is 5.92 Å². The molecule has 0 spiro atoms. The van der Waals surface area contributed by atoms with E-state index in [9.17, 15) is 8.42 Å². The summed E-state index contributed by atoms with van der Waals surface area (Å²) >= 11 is 1.68. The normalized spacial score (nSPS) is 13.5. The molecule has 0 aromatic carbocycles. The molecular formula is C11H18N2O3S2. The van der Waals surface area contributed by atoms with Crippen LogP contribution in [0.5, 0.6) is 0 Å². The Hall–Kier alpha value is -0.630. The Kier molecular flexibility index (Phi) is 6.07. The average molecular weight is 290 g/mol. The molecular weight excluding hydrogens is 272 g/mol.